The zero-order chi connectivity index (χ0) is 20.8. The van der Waals surface area contributed by atoms with Gasteiger partial charge in [0.25, 0.3) is 0 Å². The van der Waals surface area contributed by atoms with Crippen LogP contribution in [0.3, 0.4) is 0 Å². The molecule has 1 saturated heterocycles. The maximum atomic E-state index is 11.3. The van der Waals surface area contributed by atoms with Crippen molar-refractivity contribution in [3.05, 3.63) is 47.3 Å². The third kappa shape index (κ3) is 5.37. The zero-order valence-corrected chi connectivity index (χ0v) is 17.7. The van der Waals surface area contributed by atoms with Gasteiger partial charge in [0.05, 0.1) is 17.9 Å². The number of nitrogens with zero attached hydrogens (tertiary/aromatic N) is 4. The number of aromatic nitrogens is 2. The van der Waals surface area contributed by atoms with Crippen LogP contribution in [0, 0.1) is 19.8 Å². The van der Waals surface area contributed by atoms with Crippen LogP contribution < -0.4 is 11.1 Å². The van der Waals surface area contributed by atoms with Gasteiger partial charge in [-0.25, -0.2) is 9.67 Å². The quantitative estimate of drug-likeness (QED) is 0.580. The molecule has 1 aliphatic rings. The predicted octanol–water partition coefficient (Wildman–Crippen LogP) is 2.54. The molecule has 0 spiro atoms. The predicted molar refractivity (Wildman–Crippen MR) is 116 cm³/mol. The number of likely N-dealkylation sites (tertiary alicyclic amines) is 1. The molecule has 7 heteroatoms. The Bertz CT molecular complexity index is 872. The Hall–Kier alpha value is -2.83. The number of hydrogen-bond acceptors (Lipinski definition) is 3. The van der Waals surface area contributed by atoms with Crippen molar-refractivity contribution in [3.63, 3.8) is 0 Å². The summed E-state index contributed by atoms with van der Waals surface area (Å²) in [4.78, 5) is 18.5. The van der Waals surface area contributed by atoms with Gasteiger partial charge in [-0.3, -0.25) is 4.79 Å². The van der Waals surface area contributed by atoms with E-state index in [1.54, 1.807) is 0 Å². The van der Waals surface area contributed by atoms with E-state index in [4.69, 9.17) is 10.7 Å². The summed E-state index contributed by atoms with van der Waals surface area (Å²) >= 11 is 0. The Morgan fingerprint density at radius 1 is 1.34 bits per heavy atom. The Balaban J connectivity index is 1.81. The lowest BCUT2D eigenvalue weighted by atomic mass is 9.95. The third-order valence-electron chi connectivity index (χ3n) is 5.27. The van der Waals surface area contributed by atoms with Gasteiger partial charge in [-0.15, -0.1) is 0 Å². The number of primary amides is 1. The molecule has 0 radical (unpaired) electrons. The first kappa shape index (κ1) is 20.9. The maximum Gasteiger partial charge on any atom is 0.217 e. The Morgan fingerprint density at radius 2 is 2.14 bits per heavy atom. The standard InChI is InChI=1S/C22H32N6O/c1-4-24-22(27-11-7-8-18(15-27)13-21(23)29)25-14-19-9-5-6-10-20(19)28-17(3)12-16(2)26-28/h5-6,9-10,12,18H,4,7-8,11,13-15H2,1-3H3,(H2,23,29)(H,24,25). The van der Waals surface area contributed by atoms with E-state index >= 15 is 0 Å². The van der Waals surface area contributed by atoms with Crippen molar-refractivity contribution in [3.8, 4) is 5.69 Å². The molecule has 7 nitrogen and oxygen atoms in total. The number of piperidine rings is 1. The van der Waals surface area contributed by atoms with Gasteiger partial charge in [0.1, 0.15) is 0 Å². The molecule has 156 valence electrons. The normalized spacial score (nSPS) is 17.4. The van der Waals surface area contributed by atoms with E-state index < -0.39 is 0 Å². The summed E-state index contributed by atoms with van der Waals surface area (Å²) in [7, 11) is 0. The molecule has 0 saturated carbocycles. The second kappa shape index (κ2) is 9.58. The number of benzene rings is 1. The van der Waals surface area contributed by atoms with Crippen molar-refractivity contribution in [2.45, 2.75) is 46.6 Å². The van der Waals surface area contributed by atoms with Crippen LogP contribution in [0.4, 0.5) is 0 Å². The number of para-hydroxylation sites is 1. The molecule has 0 bridgehead atoms. The second-order valence-corrected chi connectivity index (χ2v) is 7.76. The van der Waals surface area contributed by atoms with Crippen LogP contribution in [-0.4, -0.2) is 46.2 Å². The minimum Gasteiger partial charge on any atom is -0.370 e. The highest BCUT2D eigenvalue weighted by molar-refractivity contribution is 5.80. The van der Waals surface area contributed by atoms with Crippen LogP contribution in [0.25, 0.3) is 5.69 Å². The Labute approximate surface area is 173 Å². The number of aliphatic imine (C=N–C) groups is 1. The van der Waals surface area contributed by atoms with Crippen molar-refractivity contribution >= 4 is 11.9 Å². The van der Waals surface area contributed by atoms with Crippen molar-refractivity contribution in [1.29, 1.82) is 0 Å². The Morgan fingerprint density at radius 3 is 2.83 bits per heavy atom. The van der Waals surface area contributed by atoms with Crippen LogP contribution >= 0.6 is 0 Å². The van der Waals surface area contributed by atoms with Gasteiger partial charge < -0.3 is 16.0 Å². The fourth-order valence-electron chi connectivity index (χ4n) is 4.02. The van der Waals surface area contributed by atoms with Crippen LogP contribution in [0.2, 0.25) is 0 Å². The monoisotopic (exact) mass is 396 g/mol. The number of hydrogen-bond donors (Lipinski definition) is 2. The molecule has 1 unspecified atom stereocenters. The minimum absolute atomic E-state index is 0.224. The van der Waals surface area contributed by atoms with Gasteiger partial charge in [-0.05, 0) is 57.2 Å². The average Bonchev–Trinajstić information content (AvgIpc) is 3.03. The van der Waals surface area contributed by atoms with E-state index in [1.165, 1.54) is 0 Å². The lowest BCUT2D eigenvalue weighted by Gasteiger charge is -2.34. The molecule has 2 heterocycles. The number of aryl methyl sites for hydroxylation is 2. The summed E-state index contributed by atoms with van der Waals surface area (Å²) in [5.74, 6) is 0.967. The number of nitrogens with two attached hydrogens (primary N) is 1. The minimum atomic E-state index is -0.224. The zero-order valence-electron chi connectivity index (χ0n) is 17.7. The molecule has 3 N–H and O–H groups in total. The number of amides is 1. The first-order valence-electron chi connectivity index (χ1n) is 10.4. The van der Waals surface area contributed by atoms with Crippen LogP contribution in [0.15, 0.2) is 35.3 Å². The molecular formula is C22H32N6O. The van der Waals surface area contributed by atoms with Crippen LogP contribution in [0.5, 0.6) is 0 Å². The van der Waals surface area contributed by atoms with E-state index in [2.05, 4.69) is 47.4 Å². The van der Waals surface area contributed by atoms with E-state index in [0.29, 0.717) is 18.9 Å². The average molecular weight is 397 g/mol. The summed E-state index contributed by atoms with van der Waals surface area (Å²) in [6, 6.07) is 10.3. The lowest BCUT2D eigenvalue weighted by Crippen LogP contribution is -2.47. The summed E-state index contributed by atoms with van der Waals surface area (Å²) < 4.78 is 1.98. The highest BCUT2D eigenvalue weighted by atomic mass is 16.1. The number of guanidine groups is 1. The molecule has 1 amide bonds. The molecule has 1 atom stereocenters. The summed E-state index contributed by atoms with van der Waals surface area (Å²) in [6.07, 6.45) is 2.53. The fraction of sp³-hybridized carbons (Fsp3) is 0.500. The van der Waals surface area contributed by atoms with E-state index in [-0.39, 0.29) is 5.91 Å². The van der Waals surface area contributed by atoms with Crippen LogP contribution in [-0.2, 0) is 11.3 Å². The molecule has 1 fully saturated rings. The molecule has 2 aromatic rings. The number of carbonyl (C=O) groups excluding carboxylic acids is 1. The molecule has 1 aliphatic heterocycles. The van der Waals surface area contributed by atoms with Crippen molar-refractivity contribution < 1.29 is 4.79 Å². The second-order valence-electron chi connectivity index (χ2n) is 7.76. The van der Waals surface area contributed by atoms with Crippen LogP contribution in [0.1, 0.15) is 43.1 Å². The van der Waals surface area contributed by atoms with Gasteiger partial charge in [-0.1, -0.05) is 18.2 Å². The number of carbonyl (C=O) groups is 1. The summed E-state index contributed by atoms with van der Waals surface area (Å²) in [5, 5.41) is 8.04. The molecule has 0 aliphatic carbocycles. The van der Waals surface area contributed by atoms with E-state index in [0.717, 1.165) is 61.1 Å². The first-order valence-corrected chi connectivity index (χ1v) is 10.4. The Kier molecular flexibility index (Phi) is 6.90. The number of nitrogens with one attached hydrogen (secondary N) is 1. The smallest absolute Gasteiger partial charge is 0.217 e. The van der Waals surface area contributed by atoms with Crippen molar-refractivity contribution in [2.24, 2.45) is 16.6 Å². The van der Waals surface area contributed by atoms with E-state index in [9.17, 15) is 4.79 Å². The molecule has 29 heavy (non-hydrogen) atoms. The van der Waals surface area contributed by atoms with Crippen molar-refractivity contribution in [1.82, 2.24) is 20.0 Å². The van der Waals surface area contributed by atoms with Gasteiger partial charge in [0.2, 0.25) is 5.91 Å². The summed E-state index contributed by atoms with van der Waals surface area (Å²) in [6.45, 7) is 9.27. The molecule has 3 rings (SSSR count). The highest BCUT2D eigenvalue weighted by Gasteiger charge is 2.23. The van der Waals surface area contributed by atoms with Gasteiger partial charge in [-0.2, -0.15) is 5.10 Å². The van der Waals surface area contributed by atoms with Gasteiger partial charge in [0.15, 0.2) is 5.96 Å². The fourth-order valence-corrected chi connectivity index (χ4v) is 4.02. The highest BCUT2D eigenvalue weighted by Crippen LogP contribution is 2.21. The molecular weight excluding hydrogens is 364 g/mol. The topological polar surface area (TPSA) is 88.5 Å². The summed E-state index contributed by atoms with van der Waals surface area (Å²) in [5.41, 5.74) is 9.71. The van der Waals surface area contributed by atoms with Gasteiger partial charge in [0, 0.05) is 31.7 Å². The third-order valence-corrected chi connectivity index (χ3v) is 5.27. The van der Waals surface area contributed by atoms with E-state index in [1.807, 2.05) is 23.7 Å². The largest absolute Gasteiger partial charge is 0.370 e. The molecule has 1 aromatic carbocycles. The maximum absolute atomic E-state index is 11.3. The van der Waals surface area contributed by atoms with Gasteiger partial charge >= 0.3 is 0 Å². The molecule has 1 aromatic heterocycles. The number of rotatable bonds is 6. The van der Waals surface area contributed by atoms with Crippen molar-refractivity contribution in [2.75, 3.05) is 19.6 Å². The lowest BCUT2D eigenvalue weighted by molar-refractivity contribution is -0.119. The first-order chi connectivity index (χ1) is 14.0. The SMILES string of the molecule is CCNC(=NCc1ccccc1-n1nc(C)cc1C)N1CCCC(CC(N)=O)C1.